The Balaban J connectivity index is 1.17. The van der Waals surface area contributed by atoms with Crippen LogP contribution in [0.2, 0.25) is 14.4 Å². The van der Waals surface area contributed by atoms with Gasteiger partial charge in [-0.3, -0.25) is 9.59 Å². The molecule has 2 aliphatic heterocycles. The second-order valence-corrected chi connectivity index (χ2v) is 16.2. The van der Waals surface area contributed by atoms with E-state index >= 15 is 0 Å². The van der Waals surface area contributed by atoms with Crippen LogP contribution in [0.4, 0.5) is 0 Å². The fourth-order valence-corrected chi connectivity index (χ4v) is 9.48. The maximum absolute atomic E-state index is 13.4. The van der Waals surface area contributed by atoms with Gasteiger partial charge in [0, 0.05) is 42.0 Å². The van der Waals surface area contributed by atoms with Gasteiger partial charge in [0.1, 0.15) is 10.3 Å². The predicted octanol–water partition coefficient (Wildman–Crippen LogP) is 5.83. The summed E-state index contributed by atoms with van der Waals surface area (Å²) in [6.07, 6.45) is 2.76. The maximum atomic E-state index is 13.4. The van der Waals surface area contributed by atoms with Gasteiger partial charge in [-0.05, 0) is 74.7 Å². The first-order chi connectivity index (χ1) is 20.0. The van der Waals surface area contributed by atoms with Gasteiger partial charge in [-0.1, -0.05) is 40.9 Å². The zero-order valence-corrected chi connectivity index (χ0v) is 27.6. The third-order valence-electron chi connectivity index (χ3n) is 7.47. The maximum Gasteiger partial charge on any atom is 0.250 e. The highest BCUT2D eigenvalue weighted by Gasteiger charge is 2.36. The SMILES string of the molecule is CN(Cc1ccc(Cl)c(Cl)c1)CC1CCCN1C(=O)CN1CCCC(NS(=O)(=O)c2ccc(-c3ccc(Cl)s3)s2)C1=O. The minimum atomic E-state index is -3.92. The van der Waals surface area contributed by atoms with Crippen LogP contribution in [0.15, 0.2) is 46.7 Å². The van der Waals surface area contributed by atoms with Crippen LogP contribution >= 0.6 is 57.5 Å². The molecule has 2 saturated heterocycles. The molecule has 14 heteroatoms. The highest BCUT2D eigenvalue weighted by Crippen LogP contribution is 2.37. The Hall–Kier alpha value is -1.70. The topological polar surface area (TPSA) is 90.0 Å². The molecular weight excluding hydrogens is 659 g/mol. The lowest BCUT2D eigenvalue weighted by Gasteiger charge is -2.34. The minimum Gasteiger partial charge on any atom is -0.337 e. The molecule has 42 heavy (non-hydrogen) atoms. The number of halogens is 3. The van der Waals surface area contributed by atoms with Crippen LogP contribution < -0.4 is 4.72 Å². The Morgan fingerprint density at radius 1 is 1.00 bits per heavy atom. The lowest BCUT2D eigenvalue weighted by atomic mass is 10.1. The summed E-state index contributed by atoms with van der Waals surface area (Å²) in [5, 5.41) is 1.02. The third-order valence-corrected chi connectivity index (χ3v) is 12.7. The van der Waals surface area contributed by atoms with Crippen LogP contribution in [-0.4, -0.2) is 80.2 Å². The van der Waals surface area contributed by atoms with Gasteiger partial charge in [-0.15, -0.1) is 22.7 Å². The van der Waals surface area contributed by atoms with Crippen molar-refractivity contribution in [1.29, 1.82) is 0 Å². The molecule has 2 aromatic heterocycles. The summed E-state index contributed by atoms with van der Waals surface area (Å²) in [5.74, 6) is -0.484. The first-order valence-electron chi connectivity index (χ1n) is 13.6. The number of likely N-dealkylation sites (tertiary alicyclic amines) is 2. The molecule has 2 unspecified atom stereocenters. The van der Waals surface area contributed by atoms with Crippen molar-refractivity contribution in [3.63, 3.8) is 0 Å². The molecule has 2 aliphatic rings. The van der Waals surface area contributed by atoms with Crippen LogP contribution in [0.5, 0.6) is 0 Å². The van der Waals surface area contributed by atoms with Crippen LogP contribution in [0.25, 0.3) is 9.75 Å². The first kappa shape index (κ1) is 31.7. The summed E-state index contributed by atoms with van der Waals surface area (Å²) in [6.45, 7) is 2.34. The number of rotatable bonds is 10. The zero-order valence-electron chi connectivity index (χ0n) is 22.9. The number of benzene rings is 1. The van der Waals surface area contributed by atoms with E-state index in [4.69, 9.17) is 34.8 Å². The molecule has 2 amide bonds. The number of amides is 2. The summed E-state index contributed by atoms with van der Waals surface area (Å²) >= 11 is 20.7. The molecule has 0 aliphatic carbocycles. The lowest BCUT2D eigenvalue weighted by Crippen LogP contribution is -2.55. The molecule has 5 rings (SSSR count). The first-order valence-corrected chi connectivity index (χ1v) is 17.8. The largest absolute Gasteiger partial charge is 0.337 e. The van der Waals surface area contributed by atoms with E-state index in [9.17, 15) is 18.0 Å². The summed E-state index contributed by atoms with van der Waals surface area (Å²) in [5.41, 5.74) is 1.03. The average Bonchev–Trinajstić information content (AvgIpc) is 3.70. The lowest BCUT2D eigenvalue weighted by molar-refractivity contribution is -0.143. The van der Waals surface area contributed by atoms with E-state index in [1.54, 1.807) is 18.2 Å². The molecule has 1 N–H and O–H groups in total. The van der Waals surface area contributed by atoms with Gasteiger partial charge in [0.2, 0.25) is 11.8 Å². The number of thiophene rings is 2. The second-order valence-electron chi connectivity index (χ2n) is 10.6. The number of hydrogen-bond acceptors (Lipinski definition) is 7. The fourth-order valence-electron chi connectivity index (χ4n) is 5.48. The summed E-state index contributed by atoms with van der Waals surface area (Å²) in [4.78, 5) is 33.9. The van der Waals surface area contributed by atoms with Crippen LogP contribution in [-0.2, 0) is 26.2 Å². The van der Waals surface area contributed by atoms with Crippen LogP contribution in [0.3, 0.4) is 0 Å². The van der Waals surface area contributed by atoms with Gasteiger partial charge in [0.15, 0.2) is 0 Å². The number of nitrogens with zero attached hydrogens (tertiary/aromatic N) is 3. The van der Waals surface area contributed by atoms with E-state index in [0.29, 0.717) is 53.4 Å². The van der Waals surface area contributed by atoms with E-state index in [1.807, 2.05) is 30.1 Å². The van der Waals surface area contributed by atoms with Gasteiger partial charge in [0.25, 0.3) is 10.0 Å². The van der Waals surface area contributed by atoms with Gasteiger partial charge >= 0.3 is 0 Å². The molecule has 1 aromatic carbocycles. The summed E-state index contributed by atoms with van der Waals surface area (Å²) < 4.78 is 29.7. The van der Waals surface area contributed by atoms with Crippen LogP contribution in [0.1, 0.15) is 31.2 Å². The van der Waals surface area contributed by atoms with Crippen molar-refractivity contribution >= 4 is 79.3 Å². The Morgan fingerprint density at radius 3 is 2.48 bits per heavy atom. The molecule has 8 nitrogen and oxygen atoms in total. The van der Waals surface area contributed by atoms with Gasteiger partial charge < -0.3 is 14.7 Å². The highest BCUT2D eigenvalue weighted by atomic mass is 35.5. The molecule has 4 heterocycles. The standard InChI is InChI=1S/C28H31Cl3N4O4S3/c1-33(15-18-6-7-20(29)21(30)14-18)16-19-4-2-13-35(19)26(36)17-34-12-3-5-22(28(34)37)32-42(38,39)27-11-9-24(41-27)23-8-10-25(31)40-23/h6-11,14,19,22,32H,2-5,12-13,15-17H2,1H3. The number of carbonyl (C=O) groups is 2. The number of piperidine rings is 1. The quantitative estimate of drug-likeness (QED) is 0.290. The molecule has 0 saturated carbocycles. The van der Waals surface area contributed by atoms with E-state index in [-0.39, 0.29) is 28.6 Å². The van der Waals surface area contributed by atoms with Crippen molar-refractivity contribution in [2.75, 3.05) is 33.2 Å². The summed E-state index contributed by atoms with van der Waals surface area (Å²) in [7, 11) is -1.92. The Morgan fingerprint density at radius 2 is 1.74 bits per heavy atom. The average molecular weight is 690 g/mol. The monoisotopic (exact) mass is 688 g/mol. The number of hydrogen-bond donors (Lipinski definition) is 1. The van der Waals surface area contributed by atoms with Crippen LogP contribution in [0, 0.1) is 0 Å². The van der Waals surface area contributed by atoms with Crippen molar-refractivity contribution in [2.24, 2.45) is 0 Å². The van der Waals surface area contributed by atoms with E-state index in [0.717, 1.165) is 39.5 Å². The third kappa shape index (κ3) is 7.50. The van der Waals surface area contributed by atoms with Crippen molar-refractivity contribution in [2.45, 2.75) is 48.5 Å². The highest BCUT2D eigenvalue weighted by molar-refractivity contribution is 7.91. The van der Waals surface area contributed by atoms with Gasteiger partial charge in [-0.25, -0.2) is 8.42 Å². The van der Waals surface area contributed by atoms with Gasteiger partial charge in [0.05, 0.1) is 20.9 Å². The molecule has 2 fully saturated rings. The van der Waals surface area contributed by atoms with Crippen molar-refractivity contribution in [3.8, 4) is 9.75 Å². The minimum absolute atomic E-state index is 0.0331. The number of nitrogens with one attached hydrogen (secondary N) is 1. The van der Waals surface area contributed by atoms with Crippen molar-refractivity contribution in [3.05, 3.63) is 62.4 Å². The van der Waals surface area contributed by atoms with Crippen molar-refractivity contribution in [1.82, 2.24) is 19.4 Å². The Labute approximate surface area is 269 Å². The Kier molecular flexibility index (Phi) is 10.2. The van der Waals surface area contributed by atoms with Gasteiger partial charge in [-0.2, -0.15) is 4.72 Å². The second kappa shape index (κ2) is 13.5. The molecular formula is C28H31Cl3N4O4S3. The predicted molar refractivity (Wildman–Crippen MR) is 170 cm³/mol. The molecule has 0 spiro atoms. The molecule has 226 valence electrons. The number of likely N-dealkylation sites (N-methyl/N-ethyl adjacent to an activating group) is 1. The van der Waals surface area contributed by atoms with E-state index < -0.39 is 16.1 Å². The molecule has 2 atom stereocenters. The zero-order chi connectivity index (χ0) is 30.0. The van der Waals surface area contributed by atoms with E-state index in [1.165, 1.54) is 22.3 Å². The van der Waals surface area contributed by atoms with E-state index in [2.05, 4.69) is 9.62 Å². The Bertz CT molecular complexity index is 1560. The normalized spacial score (nSPS) is 19.7. The molecule has 0 bridgehead atoms. The smallest absolute Gasteiger partial charge is 0.250 e. The number of carbonyl (C=O) groups excluding carboxylic acids is 2. The molecule has 0 radical (unpaired) electrons. The molecule has 3 aromatic rings. The number of sulfonamides is 1. The summed E-state index contributed by atoms with van der Waals surface area (Å²) in [6, 6.07) is 11.6. The fraction of sp³-hybridized carbons (Fsp3) is 0.429. The van der Waals surface area contributed by atoms with Crippen molar-refractivity contribution < 1.29 is 18.0 Å².